The number of ether oxygens (including phenoxy) is 1. The SMILES string of the molecule is CCn1c(-c2ccc(C(=O)N3CC3)cc2)c(NC)c2cc(OC)ccc21. The fourth-order valence-electron chi connectivity index (χ4n) is 3.55. The van der Waals surface area contributed by atoms with Crippen molar-refractivity contribution in [3.8, 4) is 17.0 Å². The van der Waals surface area contributed by atoms with Gasteiger partial charge in [0.05, 0.1) is 24.0 Å². The molecule has 5 heteroatoms. The number of carbonyl (C=O) groups excluding carboxylic acids is 1. The Labute approximate surface area is 153 Å². The number of nitrogens with zero attached hydrogens (tertiary/aromatic N) is 2. The third-order valence-electron chi connectivity index (χ3n) is 4.98. The van der Waals surface area contributed by atoms with Gasteiger partial charge in [0.25, 0.3) is 5.91 Å². The number of carbonyl (C=O) groups is 1. The molecule has 0 unspecified atom stereocenters. The summed E-state index contributed by atoms with van der Waals surface area (Å²) in [7, 11) is 3.62. The Morgan fingerprint density at radius 1 is 1.15 bits per heavy atom. The molecule has 26 heavy (non-hydrogen) atoms. The van der Waals surface area contributed by atoms with Crippen molar-refractivity contribution in [3.63, 3.8) is 0 Å². The van der Waals surface area contributed by atoms with Crippen LogP contribution in [0.5, 0.6) is 5.75 Å². The van der Waals surface area contributed by atoms with E-state index in [1.807, 2.05) is 42.3 Å². The van der Waals surface area contributed by atoms with Crippen LogP contribution in [-0.2, 0) is 6.54 Å². The first-order valence-electron chi connectivity index (χ1n) is 8.95. The van der Waals surface area contributed by atoms with Crippen LogP contribution in [0.4, 0.5) is 5.69 Å². The van der Waals surface area contributed by atoms with Crippen molar-refractivity contribution < 1.29 is 9.53 Å². The summed E-state index contributed by atoms with van der Waals surface area (Å²) in [4.78, 5) is 14.0. The van der Waals surface area contributed by atoms with Crippen molar-refractivity contribution in [1.82, 2.24) is 9.47 Å². The van der Waals surface area contributed by atoms with Gasteiger partial charge in [-0.15, -0.1) is 0 Å². The number of aromatic nitrogens is 1. The normalized spacial score (nSPS) is 13.1. The molecule has 2 heterocycles. The van der Waals surface area contributed by atoms with Gasteiger partial charge in [0.15, 0.2) is 0 Å². The maximum Gasteiger partial charge on any atom is 0.253 e. The first kappa shape index (κ1) is 16.5. The van der Waals surface area contributed by atoms with Gasteiger partial charge < -0.3 is 19.5 Å². The van der Waals surface area contributed by atoms with Gasteiger partial charge in [0.2, 0.25) is 0 Å². The highest BCUT2D eigenvalue weighted by molar-refractivity contribution is 6.03. The van der Waals surface area contributed by atoms with E-state index in [-0.39, 0.29) is 5.91 Å². The van der Waals surface area contributed by atoms with Gasteiger partial charge in [0, 0.05) is 43.2 Å². The Morgan fingerprint density at radius 2 is 1.88 bits per heavy atom. The van der Waals surface area contributed by atoms with E-state index in [1.165, 1.54) is 0 Å². The number of aryl methyl sites for hydroxylation is 1. The summed E-state index contributed by atoms with van der Waals surface area (Å²) < 4.78 is 7.69. The molecule has 0 radical (unpaired) electrons. The second-order valence-corrected chi connectivity index (χ2v) is 6.47. The molecule has 1 aromatic heterocycles. The van der Waals surface area contributed by atoms with E-state index in [0.717, 1.165) is 58.8 Å². The number of methoxy groups -OCH3 is 1. The topological polar surface area (TPSA) is 46.3 Å². The summed E-state index contributed by atoms with van der Waals surface area (Å²) in [5, 5.41) is 4.49. The van der Waals surface area contributed by atoms with E-state index in [9.17, 15) is 4.79 Å². The Kier molecular flexibility index (Phi) is 4.07. The average molecular weight is 349 g/mol. The third-order valence-corrected chi connectivity index (χ3v) is 4.98. The molecule has 3 aromatic rings. The Morgan fingerprint density at radius 3 is 2.46 bits per heavy atom. The molecule has 1 amide bonds. The lowest BCUT2D eigenvalue weighted by Gasteiger charge is -2.11. The molecule has 0 bridgehead atoms. The van der Waals surface area contributed by atoms with Crippen molar-refractivity contribution in [2.45, 2.75) is 13.5 Å². The Bertz CT molecular complexity index is 969. The summed E-state index contributed by atoms with van der Waals surface area (Å²) >= 11 is 0. The second-order valence-electron chi connectivity index (χ2n) is 6.47. The minimum absolute atomic E-state index is 0.117. The zero-order chi connectivity index (χ0) is 18.3. The smallest absolute Gasteiger partial charge is 0.253 e. The van der Waals surface area contributed by atoms with Crippen LogP contribution in [0.3, 0.4) is 0 Å². The van der Waals surface area contributed by atoms with Crippen molar-refractivity contribution in [2.24, 2.45) is 0 Å². The summed E-state index contributed by atoms with van der Waals surface area (Å²) in [5.41, 5.74) is 5.21. The van der Waals surface area contributed by atoms with Crippen molar-refractivity contribution in [2.75, 3.05) is 32.6 Å². The highest BCUT2D eigenvalue weighted by atomic mass is 16.5. The molecule has 1 saturated heterocycles. The zero-order valence-electron chi connectivity index (χ0n) is 15.4. The van der Waals surface area contributed by atoms with Gasteiger partial charge in [0.1, 0.15) is 5.75 Å². The van der Waals surface area contributed by atoms with Gasteiger partial charge >= 0.3 is 0 Å². The largest absolute Gasteiger partial charge is 0.497 e. The third kappa shape index (κ3) is 2.60. The summed E-state index contributed by atoms with van der Waals surface area (Å²) in [6.45, 7) is 4.74. The van der Waals surface area contributed by atoms with Gasteiger partial charge in [-0.25, -0.2) is 0 Å². The highest BCUT2D eigenvalue weighted by Crippen LogP contribution is 2.39. The second kappa shape index (κ2) is 6.41. The number of anilines is 1. The van der Waals surface area contributed by atoms with Gasteiger partial charge in [-0.1, -0.05) is 12.1 Å². The van der Waals surface area contributed by atoms with Crippen LogP contribution in [0.25, 0.3) is 22.2 Å². The van der Waals surface area contributed by atoms with Gasteiger partial charge in [-0.2, -0.15) is 0 Å². The van der Waals surface area contributed by atoms with E-state index < -0.39 is 0 Å². The Balaban J connectivity index is 1.85. The van der Waals surface area contributed by atoms with Crippen molar-refractivity contribution >= 4 is 22.5 Å². The van der Waals surface area contributed by atoms with Crippen LogP contribution >= 0.6 is 0 Å². The van der Waals surface area contributed by atoms with E-state index >= 15 is 0 Å². The van der Waals surface area contributed by atoms with Gasteiger partial charge in [-0.3, -0.25) is 4.79 Å². The first-order chi connectivity index (χ1) is 12.7. The van der Waals surface area contributed by atoms with E-state index in [4.69, 9.17) is 4.74 Å². The number of rotatable bonds is 5. The Hall–Kier alpha value is -2.95. The van der Waals surface area contributed by atoms with E-state index in [0.29, 0.717) is 0 Å². The lowest BCUT2D eigenvalue weighted by molar-refractivity contribution is 0.0885. The molecule has 0 saturated carbocycles. The van der Waals surface area contributed by atoms with Crippen LogP contribution in [0.2, 0.25) is 0 Å². The molecule has 1 fully saturated rings. The molecule has 5 nitrogen and oxygen atoms in total. The molecule has 1 aliphatic rings. The number of hydrogen-bond acceptors (Lipinski definition) is 3. The lowest BCUT2D eigenvalue weighted by Crippen LogP contribution is -2.10. The quantitative estimate of drug-likeness (QED) is 0.712. The van der Waals surface area contributed by atoms with Crippen molar-refractivity contribution in [1.29, 1.82) is 0 Å². The monoisotopic (exact) mass is 349 g/mol. The number of benzene rings is 2. The molecule has 4 rings (SSSR count). The lowest BCUT2D eigenvalue weighted by atomic mass is 10.1. The molecule has 0 atom stereocenters. The molecule has 1 N–H and O–H groups in total. The number of hydrogen-bond donors (Lipinski definition) is 1. The standard InChI is InChI=1S/C21H23N3O2/c1-4-24-18-10-9-16(26-3)13-17(18)19(22-2)20(24)14-5-7-15(8-6-14)21(25)23-11-12-23/h5-10,13,22H,4,11-12H2,1-3H3. The first-order valence-corrected chi connectivity index (χ1v) is 8.95. The molecule has 134 valence electrons. The van der Waals surface area contributed by atoms with E-state index in [2.05, 4.69) is 28.9 Å². The molecule has 0 aliphatic carbocycles. The van der Waals surface area contributed by atoms with Crippen LogP contribution in [-0.4, -0.2) is 42.6 Å². The van der Waals surface area contributed by atoms with E-state index in [1.54, 1.807) is 7.11 Å². The highest BCUT2D eigenvalue weighted by Gasteiger charge is 2.25. The number of fused-ring (bicyclic) bond motifs is 1. The van der Waals surface area contributed by atoms with Crippen LogP contribution < -0.4 is 10.1 Å². The summed E-state index contributed by atoms with van der Waals surface area (Å²) in [5.74, 6) is 0.958. The van der Waals surface area contributed by atoms with Crippen LogP contribution in [0.1, 0.15) is 17.3 Å². The minimum Gasteiger partial charge on any atom is -0.497 e. The predicted molar refractivity (Wildman–Crippen MR) is 105 cm³/mol. The van der Waals surface area contributed by atoms with Gasteiger partial charge in [-0.05, 0) is 37.3 Å². The zero-order valence-corrected chi connectivity index (χ0v) is 15.4. The molecular weight excluding hydrogens is 326 g/mol. The predicted octanol–water partition coefficient (Wildman–Crippen LogP) is 3.83. The molecule has 0 spiro atoms. The fourth-order valence-corrected chi connectivity index (χ4v) is 3.55. The maximum absolute atomic E-state index is 12.2. The molecular formula is C21H23N3O2. The molecule has 2 aromatic carbocycles. The van der Waals surface area contributed by atoms with Crippen LogP contribution in [0, 0.1) is 0 Å². The van der Waals surface area contributed by atoms with Crippen LogP contribution in [0.15, 0.2) is 42.5 Å². The maximum atomic E-state index is 12.2. The fraction of sp³-hybridized carbons (Fsp3) is 0.286. The minimum atomic E-state index is 0.117. The summed E-state index contributed by atoms with van der Waals surface area (Å²) in [6.07, 6.45) is 0. The number of amides is 1. The molecule has 1 aliphatic heterocycles. The summed E-state index contributed by atoms with van der Waals surface area (Å²) in [6, 6.07) is 14.1. The number of nitrogens with one attached hydrogen (secondary N) is 1. The van der Waals surface area contributed by atoms with Crippen molar-refractivity contribution in [3.05, 3.63) is 48.0 Å². The average Bonchev–Trinajstić information content (AvgIpc) is 3.48.